The second-order valence-corrected chi connectivity index (χ2v) is 30.4. The molecular weight excluding hydrogens is 1430 g/mol. The summed E-state index contributed by atoms with van der Waals surface area (Å²) >= 11 is 6.15. The normalized spacial score (nSPS) is 26.1. The van der Waals surface area contributed by atoms with Crippen LogP contribution in [0.25, 0.3) is 0 Å². The number of fused-ring (bicyclic) bond motifs is 3. The number of likely N-dealkylation sites (N-methyl/N-ethyl adjacent to an activating group) is 6. The number of morpholine rings is 1. The Morgan fingerprint density at radius 3 is 1.88 bits per heavy atom. The lowest BCUT2D eigenvalue weighted by Gasteiger charge is -2.42. The van der Waals surface area contributed by atoms with Gasteiger partial charge >= 0.3 is 12.4 Å². The van der Waals surface area contributed by atoms with Gasteiger partial charge in [-0.1, -0.05) is 102 Å². The Balaban J connectivity index is 1.21. The Kier molecular flexibility index (Phi) is 28.5. The minimum Gasteiger partial charge on any atom is -0.378 e. The molecule has 0 radical (unpaired) electrons. The van der Waals surface area contributed by atoms with Crippen LogP contribution in [-0.2, 0) is 87.5 Å². The zero-order chi connectivity index (χ0) is 78.7. The molecule has 2 saturated carbocycles. The highest BCUT2D eigenvalue weighted by molar-refractivity contribution is 6.31. The van der Waals surface area contributed by atoms with Gasteiger partial charge in [0.25, 0.3) is 0 Å². The van der Waals surface area contributed by atoms with Gasteiger partial charge in [-0.05, 0) is 117 Å². The molecule has 32 heteroatoms. The number of hydrogen-bond donors (Lipinski definition) is 3. The van der Waals surface area contributed by atoms with Crippen molar-refractivity contribution < 1.29 is 88.6 Å². The first-order valence-corrected chi connectivity index (χ1v) is 37.4. The first kappa shape index (κ1) is 84.3. The average molecular weight is 1530 g/mol. The van der Waals surface area contributed by atoms with Gasteiger partial charge in [0.05, 0.1) is 48.9 Å². The molecule has 2 aromatic rings. The Morgan fingerprint density at radius 1 is 0.636 bits per heavy atom. The molecule has 0 unspecified atom stereocenters. The fraction of sp³-hybridized carbons (Fsp3) is 0.653. The van der Waals surface area contributed by atoms with Crippen molar-refractivity contribution in [1.29, 1.82) is 0 Å². The number of nitrogens with zero attached hydrogens (tertiary/aromatic N) is 9. The lowest BCUT2D eigenvalue weighted by molar-refractivity contribution is -0.157. The molecule has 4 aliphatic heterocycles. The maximum absolute atomic E-state index is 15.7. The van der Waals surface area contributed by atoms with Crippen molar-refractivity contribution in [2.45, 2.75) is 203 Å². The van der Waals surface area contributed by atoms with Crippen LogP contribution in [0.2, 0.25) is 5.02 Å². The smallest absolute Gasteiger partial charge is 0.378 e. The van der Waals surface area contributed by atoms with Crippen LogP contribution in [0, 0.1) is 17.8 Å². The van der Waals surface area contributed by atoms with E-state index in [1.54, 1.807) is 26.0 Å². The number of carbonyl (C=O) groups is 12. The molecule has 9 atom stereocenters. The summed E-state index contributed by atoms with van der Waals surface area (Å²) in [4.78, 5) is 192. The molecule has 3 N–H and O–H groups in total. The largest absolute Gasteiger partial charge is 0.417 e. The monoisotopic (exact) mass is 1530 g/mol. The van der Waals surface area contributed by atoms with Crippen molar-refractivity contribution in [1.82, 2.24) is 60.0 Å². The van der Waals surface area contributed by atoms with Crippen LogP contribution in [0.1, 0.15) is 146 Å². The number of ether oxygens (including phenoxy) is 1. The van der Waals surface area contributed by atoms with Crippen molar-refractivity contribution in [3.63, 3.8) is 0 Å². The summed E-state index contributed by atoms with van der Waals surface area (Å²) in [7, 11) is 8.09. The second kappa shape index (κ2) is 36.2. The number of amides is 12. The maximum Gasteiger partial charge on any atom is 0.417 e. The van der Waals surface area contributed by atoms with E-state index in [0.29, 0.717) is 44.9 Å². The quantitative estimate of drug-likeness (QED) is 0.176. The standard InChI is InChI=1S/C75H103ClF6N12O13/c1-11-46(4)62-70(104)87(6)44-61(97)88(7)55-21-14-17-33-94(69(55)103)58(41-48-23-27-50(28-24-48)74(77,78)79)67(101)86(5)43-59(95)83-53(30-26-47-25-29-51(52(76)40-47)75(80,81)82)66(100)93-34-18-22-54(93)65(99)85-73(31-15-16-32-73)72(106)91(10)63(49-19-12-13-20-49)71(105)90(9)57(68(102)92-35-37-107-38-36-92)42-60(96)89(8)56(39-45(2)3)64(98)84-62/h14,17,23-25,27-29,40,45-46,49,53-58,62-63H,11-13,15-16,18-22,26,30-39,41-44H2,1-10H3,(H,83,95)(H,84,98)(H,85,99)/t46-,53-,54-,55-,56-,57-,58-,62-,63-/m0/s1. The van der Waals surface area contributed by atoms with E-state index >= 15 is 38.4 Å². The van der Waals surface area contributed by atoms with Crippen molar-refractivity contribution >= 4 is 82.5 Å². The summed E-state index contributed by atoms with van der Waals surface area (Å²) in [6.07, 6.45) is -3.86. The fourth-order valence-corrected chi connectivity index (χ4v) is 15.9. The number of hydrogen-bond acceptors (Lipinski definition) is 13. The van der Waals surface area contributed by atoms with Gasteiger partial charge in [0.2, 0.25) is 70.9 Å². The predicted octanol–water partition coefficient (Wildman–Crippen LogP) is 5.87. The molecule has 2 aromatic carbocycles. The van der Waals surface area contributed by atoms with Crippen molar-refractivity contribution in [2.75, 3.05) is 94.8 Å². The zero-order valence-electron chi connectivity index (χ0n) is 62.7. The van der Waals surface area contributed by atoms with E-state index in [4.69, 9.17) is 16.3 Å². The molecular formula is C75H103ClF6N12O13. The molecule has 4 heterocycles. The van der Waals surface area contributed by atoms with E-state index in [2.05, 4.69) is 16.0 Å². The summed E-state index contributed by atoms with van der Waals surface area (Å²) in [5.41, 5.74) is -3.41. The molecule has 2 bridgehead atoms. The molecule has 8 rings (SSSR count). The van der Waals surface area contributed by atoms with Gasteiger partial charge in [0.1, 0.15) is 53.9 Å². The number of carbonyl (C=O) groups excluding carboxylic acids is 12. The summed E-state index contributed by atoms with van der Waals surface area (Å²) in [6, 6.07) is -4.27. The van der Waals surface area contributed by atoms with Crippen molar-refractivity contribution in [3.05, 3.63) is 81.9 Å². The first-order valence-electron chi connectivity index (χ1n) is 37.0. The highest BCUT2D eigenvalue weighted by atomic mass is 35.5. The summed E-state index contributed by atoms with van der Waals surface area (Å²) in [6.45, 7) is 5.89. The van der Waals surface area contributed by atoms with Crippen molar-refractivity contribution in [2.24, 2.45) is 17.8 Å². The minimum atomic E-state index is -4.82. The van der Waals surface area contributed by atoms with Gasteiger partial charge in [0, 0.05) is 74.9 Å². The van der Waals surface area contributed by atoms with E-state index in [-0.39, 0.29) is 108 Å². The number of nitrogens with one attached hydrogen (secondary N) is 3. The summed E-state index contributed by atoms with van der Waals surface area (Å²) in [5, 5.41) is 7.92. The number of alkyl halides is 6. The number of aryl methyl sites for hydroxylation is 1. The van der Waals surface area contributed by atoms with Crippen LogP contribution in [0.3, 0.4) is 0 Å². The van der Waals surface area contributed by atoms with Crippen LogP contribution in [0.15, 0.2) is 54.6 Å². The third-order valence-electron chi connectivity index (χ3n) is 22.2. The molecule has 5 fully saturated rings. The van der Waals surface area contributed by atoms with Gasteiger partial charge in [0.15, 0.2) is 0 Å². The second-order valence-electron chi connectivity index (χ2n) is 30.0. The third-order valence-corrected chi connectivity index (χ3v) is 22.5. The zero-order valence-corrected chi connectivity index (χ0v) is 63.5. The first-order chi connectivity index (χ1) is 50.4. The van der Waals surface area contributed by atoms with Crippen LogP contribution in [-0.4, -0.2) is 264 Å². The third kappa shape index (κ3) is 20.3. The predicted molar refractivity (Wildman–Crippen MR) is 382 cm³/mol. The Labute approximate surface area is 626 Å². The lowest BCUT2D eigenvalue weighted by atomic mass is 9.90. The lowest BCUT2D eigenvalue weighted by Crippen LogP contribution is -2.65. The molecule has 2 aliphatic carbocycles. The fourth-order valence-electron chi connectivity index (χ4n) is 15.6. The maximum atomic E-state index is 15.7. The SMILES string of the molecule is CC[C@H](C)[C@@H]1NC(=O)[C@H](CC(C)C)N(C)C(=O)C[C@@H](C(=O)N2CCOCC2)N(C)C(=O)[C@H](C2CCCC2)N(C)C(=O)C2(CCCC2)NC(=O)[C@@H]2CCCN2C(=O)[C@H](CCc2ccc(C(F)(F)F)c(Cl)c2)NC(=O)CN(C)C(=O)[C@H](Cc2ccc(C(F)(F)F)cc2)N2CC=CC[C@@H](C2=O)N(C)C(=O)CN(C)C1=O. The van der Waals surface area contributed by atoms with Crippen molar-refractivity contribution in [3.8, 4) is 0 Å². The molecule has 0 aromatic heterocycles. The van der Waals surface area contributed by atoms with Crippen LogP contribution < -0.4 is 16.0 Å². The van der Waals surface area contributed by atoms with Crippen LogP contribution >= 0.6 is 11.6 Å². The molecule has 107 heavy (non-hydrogen) atoms. The van der Waals surface area contributed by atoms with Crippen LogP contribution in [0.4, 0.5) is 26.3 Å². The van der Waals surface area contributed by atoms with E-state index in [9.17, 15) is 45.5 Å². The molecule has 3 saturated heterocycles. The van der Waals surface area contributed by atoms with Gasteiger partial charge in [-0.2, -0.15) is 26.3 Å². The Bertz CT molecular complexity index is 3620. The van der Waals surface area contributed by atoms with Gasteiger partial charge < -0.3 is 64.8 Å². The van der Waals surface area contributed by atoms with E-state index in [1.165, 1.54) is 66.8 Å². The number of benzene rings is 2. The van der Waals surface area contributed by atoms with E-state index < -0.39 is 191 Å². The average Bonchev–Trinajstić information content (AvgIpc) is 1.73. The van der Waals surface area contributed by atoms with Crippen LogP contribution in [0.5, 0.6) is 0 Å². The van der Waals surface area contributed by atoms with E-state index in [0.717, 1.165) is 62.1 Å². The Morgan fingerprint density at radius 2 is 1.27 bits per heavy atom. The summed E-state index contributed by atoms with van der Waals surface area (Å²) in [5.74, 6) is -10.4. The topological polar surface area (TPSA) is 279 Å². The van der Waals surface area contributed by atoms with Gasteiger partial charge in [-0.3, -0.25) is 57.5 Å². The molecule has 6 aliphatic rings. The molecule has 1 spiro atoms. The molecule has 590 valence electrons. The molecule has 25 nitrogen and oxygen atoms in total. The summed E-state index contributed by atoms with van der Waals surface area (Å²) < 4.78 is 89.2. The Hall–Kier alpha value is -8.35. The highest BCUT2D eigenvalue weighted by Crippen LogP contribution is 2.39. The minimum absolute atomic E-state index is 0.0489. The van der Waals surface area contributed by atoms with Gasteiger partial charge in [-0.15, -0.1) is 0 Å². The van der Waals surface area contributed by atoms with E-state index in [1.807, 2.05) is 13.8 Å². The number of rotatable bonds is 11. The number of halogens is 7. The highest BCUT2D eigenvalue weighted by Gasteiger charge is 2.52. The molecule has 12 amide bonds. The van der Waals surface area contributed by atoms with Gasteiger partial charge in [-0.25, -0.2) is 0 Å².